The van der Waals surface area contributed by atoms with Gasteiger partial charge < -0.3 is 15.4 Å². The van der Waals surface area contributed by atoms with Crippen LogP contribution in [-0.4, -0.2) is 19.1 Å². The van der Waals surface area contributed by atoms with Crippen molar-refractivity contribution in [3.8, 4) is 5.75 Å². The Bertz CT molecular complexity index is 770. The maximum absolute atomic E-state index is 13.0. The first-order chi connectivity index (χ1) is 12.2. The molecule has 2 aromatic carbocycles. The van der Waals surface area contributed by atoms with E-state index in [9.17, 15) is 4.79 Å². The minimum Gasteiger partial charge on any atom is -0.491 e. The average Bonchev–Trinajstić information content (AvgIpc) is 3.48. The summed E-state index contributed by atoms with van der Waals surface area (Å²) in [4.78, 5) is 14.8. The van der Waals surface area contributed by atoms with E-state index in [0.29, 0.717) is 25.5 Å². The van der Waals surface area contributed by atoms with E-state index >= 15 is 0 Å². The lowest BCUT2D eigenvalue weighted by Crippen LogP contribution is -2.34. The van der Waals surface area contributed by atoms with Crippen molar-refractivity contribution in [3.05, 3.63) is 59.7 Å². The van der Waals surface area contributed by atoms with Crippen LogP contribution in [0.15, 0.2) is 48.5 Å². The van der Waals surface area contributed by atoms with Gasteiger partial charge in [-0.3, -0.25) is 4.79 Å². The summed E-state index contributed by atoms with van der Waals surface area (Å²) >= 11 is 0. The summed E-state index contributed by atoms with van der Waals surface area (Å²) in [6.45, 7) is 1.31. The van der Waals surface area contributed by atoms with Crippen LogP contribution in [0.25, 0.3) is 0 Å². The zero-order valence-electron chi connectivity index (χ0n) is 14.4. The third-order valence-corrected chi connectivity index (χ3v) is 5.05. The van der Waals surface area contributed by atoms with Crippen LogP contribution in [0.1, 0.15) is 48.8 Å². The molecule has 2 aliphatic rings. The maximum Gasteiger partial charge on any atom is 0.229 e. The molecule has 4 rings (SSSR count). The standard InChI is InChI=1S/C21H24N2O2/c22-18(17-7-2-1-6-16(17)15-10-11-15)14-21(24)23-12-5-13-25-20-9-4-3-8-19(20)23/h1-4,6-9,15,18H,5,10-14,22H2/t18-/m0/s1. The summed E-state index contributed by atoms with van der Waals surface area (Å²) in [6, 6.07) is 15.8. The van der Waals surface area contributed by atoms with Crippen molar-refractivity contribution in [3.63, 3.8) is 0 Å². The number of nitrogens with two attached hydrogens (primary N) is 1. The maximum atomic E-state index is 13.0. The molecule has 130 valence electrons. The third-order valence-electron chi connectivity index (χ3n) is 5.05. The highest BCUT2D eigenvalue weighted by molar-refractivity contribution is 5.95. The summed E-state index contributed by atoms with van der Waals surface area (Å²) < 4.78 is 5.75. The number of fused-ring (bicyclic) bond motifs is 1. The molecule has 0 bridgehead atoms. The van der Waals surface area contributed by atoms with Crippen molar-refractivity contribution in [1.29, 1.82) is 0 Å². The van der Waals surface area contributed by atoms with Crippen molar-refractivity contribution in [2.24, 2.45) is 5.73 Å². The number of carbonyl (C=O) groups excluding carboxylic acids is 1. The van der Waals surface area contributed by atoms with E-state index in [0.717, 1.165) is 23.4 Å². The van der Waals surface area contributed by atoms with Crippen molar-refractivity contribution in [2.75, 3.05) is 18.1 Å². The highest BCUT2D eigenvalue weighted by atomic mass is 16.5. The molecule has 0 spiro atoms. The fraction of sp³-hybridized carbons (Fsp3) is 0.381. The summed E-state index contributed by atoms with van der Waals surface area (Å²) in [5, 5.41) is 0. The fourth-order valence-electron chi connectivity index (χ4n) is 3.61. The zero-order valence-corrected chi connectivity index (χ0v) is 14.4. The van der Waals surface area contributed by atoms with Crippen LogP contribution in [0.5, 0.6) is 5.75 Å². The van der Waals surface area contributed by atoms with Crippen molar-refractivity contribution < 1.29 is 9.53 Å². The first kappa shape index (κ1) is 16.2. The first-order valence-electron chi connectivity index (χ1n) is 9.10. The molecule has 1 saturated carbocycles. The molecule has 0 radical (unpaired) electrons. The minimum atomic E-state index is -0.263. The quantitative estimate of drug-likeness (QED) is 0.924. The molecule has 0 aromatic heterocycles. The predicted octanol–water partition coefficient (Wildman–Crippen LogP) is 3.77. The molecule has 1 heterocycles. The van der Waals surface area contributed by atoms with Gasteiger partial charge in [0.05, 0.1) is 12.3 Å². The van der Waals surface area contributed by atoms with Gasteiger partial charge >= 0.3 is 0 Å². The molecule has 2 N–H and O–H groups in total. The number of anilines is 1. The van der Waals surface area contributed by atoms with E-state index in [1.165, 1.54) is 18.4 Å². The van der Waals surface area contributed by atoms with Crippen molar-refractivity contribution in [2.45, 2.75) is 37.6 Å². The Morgan fingerprint density at radius 3 is 2.76 bits per heavy atom. The summed E-state index contributed by atoms with van der Waals surface area (Å²) in [5.41, 5.74) is 9.75. The molecule has 25 heavy (non-hydrogen) atoms. The number of rotatable bonds is 4. The predicted molar refractivity (Wildman–Crippen MR) is 98.9 cm³/mol. The second-order valence-corrected chi connectivity index (χ2v) is 6.93. The monoisotopic (exact) mass is 336 g/mol. The average molecular weight is 336 g/mol. The summed E-state index contributed by atoms with van der Waals surface area (Å²) in [6.07, 6.45) is 3.61. The number of nitrogens with zero attached hydrogens (tertiary/aromatic N) is 1. The number of amides is 1. The zero-order chi connectivity index (χ0) is 17.2. The van der Waals surface area contributed by atoms with E-state index in [4.69, 9.17) is 10.5 Å². The van der Waals surface area contributed by atoms with E-state index in [-0.39, 0.29) is 11.9 Å². The number of hydrogen-bond donors (Lipinski definition) is 1. The Morgan fingerprint density at radius 1 is 1.16 bits per heavy atom. The second kappa shape index (κ2) is 6.89. The van der Waals surface area contributed by atoms with Crippen LogP contribution in [0.2, 0.25) is 0 Å². The molecule has 1 atom stereocenters. The Hall–Kier alpha value is -2.33. The van der Waals surface area contributed by atoms with Gasteiger partial charge in [0.15, 0.2) is 0 Å². The molecular weight excluding hydrogens is 312 g/mol. The van der Waals surface area contributed by atoms with Gasteiger partial charge in [0.25, 0.3) is 0 Å². The van der Waals surface area contributed by atoms with E-state index < -0.39 is 0 Å². The van der Waals surface area contributed by atoms with Crippen LogP contribution in [0.4, 0.5) is 5.69 Å². The van der Waals surface area contributed by atoms with Gasteiger partial charge in [-0.05, 0) is 48.4 Å². The largest absolute Gasteiger partial charge is 0.491 e. The normalized spacial score (nSPS) is 18.0. The van der Waals surface area contributed by atoms with E-state index in [2.05, 4.69) is 18.2 Å². The SMILES string of the molecule is N[C@@H](CC(=O)N1CCCOc2ccccc21)c1ccccc1C1CC1. The van der Waals surface area contributed by atoms with Crippen LogP contribution in [0, 0.1) is 0 Å². The van der Waals surface area contributed by atoms with Gasteiger partial charge in [-0.2, -0.15) is 0 Å². The Balaban J connectivity index is 1.54. The number of carbonyl (C=O) groups is 1. The molecule has 0 unspecified atom stereocenters. The van der Waals surface area contributed by atoms with Gasteiger partial charge in [0.1, 0.15) is 5.75 Å². The molecule has 1 fully saturated rings. The Kier molecular flexibility index (Phi) is 4.45. The highest BCUT2D eigenvalue weighted by Crippen LogP contribution is 2.43. The topological polar surface area (TPSA) is 55.6 Å². The minimum absolute atomic E-state index is 0.0658. The van der Waals surface area contributed by atoms with Crippen molar-refractivity contribution in [1.82, 2.24) is 0 Å². The number of hydrogen-bond acceptors (Lipinski definition) is 3. The van der Waals surface area contributed by atoms with E-state index in [1.807, 2.05) is 35.2 Å². The molecule has 4 heteroatoms. The van der Waals surface area contributed by atoms with Gasteiger partial charge in [0.2, 0.25) is 5.91 Å². The second-order valence-electron chi connectivity index (χ2n) is 6.93. The summed E-state index contributed by atoms with van der Waals surface area (Å²) in [7, 11) is 0. The third kappa shape index (κ3) is 3.40. The number of benzene rings is 2. The number of para-hydroxylation sites is 2. The van der Waals surface area contributed by atoms with Crippen molar-refractivity contribution >= 4 is 11.6 Å². The molecule has 4 nitrogen and oxygen atoms in total. The Morgan fingerprint density at radius 2 is 1.92 bits per heavy atom. The van der Waals surface area contributed by atoms with Crippen LogP contribution < -0.4 is 15.4 Å². The lowest BCUT2D eigenvalue weighted by atomic mass is 9.95. The molecule has 1 aliphatic heterocycles. The lowest BCUT2D eigenvalue weighted by molar-refractivity contribution is -0.119. The van der Waals surface area contributed by atoms with Gasteiger partial charge in [-0.15, -0.1) is 0 Å². The lowest BCUT2D eigenvalue weighted by Gasteiger charge is -2.24. The van der Waals surface area contributed by atoms with Crippen LogP contribution in [0.3, 0.4) is 0 Å². The van der Waals surface area contributed by atoms with Gasteiger partial charge in [0, 0.05) is 19.0 Å². The highest BCUT2D eigenvalue weighted by Gasteiger charge is 2.29. The first-order valence-corrected chi connectivity index (χ1v) is 9.10. The van der Waals surface area contributed by atoms with Gasteiger partial charge in [-0.25, -0.2) is 0 Å². The summed E-state index contributed by atoms with van der Waals surface area (Å²) in [5.74, 6) is 1.47. The number of ether oxygens (including phenoxy) is 1. The van der Waals surface area contributed by atoms with Gasteiger partial charge in [-0.1, -0.05) is 36.4 Å². The Labute approximate surface area is 148 Å². The molecule has 1 amide bonds. The van der Waals surface area contributed by atoms with Crippen LogP contribution >= 0.6 is 0 Å². The van der Waals surface area contributed by atoms with E-state index in [1.54, 1.807) is 0 Å². The smallest absolute Gasteiger partial charge is 0.229 e. The fourth-order valence-corrected chi connectivity index (χ4v) is 3.61. The molecule has 1 aliphatic carbocycles. The molecule has 2 aromatic rings. The molecule has 0 saturated heterocycles. The molecular formula is C21H24N2O2. The van der Waals surface area contributed by atoms with Crippen LogP contribution in [-0.2, 0) is 4.79 Å².